The summed E-state index contributed by atoms with van der Waals surface area (Å²) in [6.07, 6.45) is 4.39. The second kappa shape index (κ2) is 8.00. The third-order valence-electron chi connectivity index (χ3n) is 5.34. The molecule has 2 aliphatic rings. The number of benzene rings is 1. The minimum absolute atomic E-state index is 0.0614. The maximum atomic E-state index is 12.3. The molecule has 136 valence electrons. The summed E-state index contributed by atoms with van der Waals surface area (Å²) < 4.78 is 0. The van der Waals surface area contributed by atoms with Gasteiger partial charge in [-0.05, 0) is 51.3 Å². The lowest BCUT2D eigenvalue weighted by Crippen LogP contribution is -2.48. The summed E-state index contributed by atoms with van der Waals surface area (Å²) in [6, 6.07) is 6.41. The van der Waals surface area contributed by atoms with E-state index in [1.807, 2.05) is 19.1 Å². The highest BCUT2D eigenvalue weighted by atomic mass is 16.2. The van der Waals surface area contributed by atoms with Gasteiger partial charge in [0.15, 0.2) is 0 Å². The Morgan fingerprint density at radius 1 is 1.24 bits per heavy atom. The Morgan fingerprint density at radius 2 is 2.08 bits per heavy atom. The Balaban J connectivity index is 1.47. The Hall–Kier alpha value is -1.88. The van der Waals surface area contributed by atoms with Crippen molar-refractivity contribution in [2.45, 2.75) is 52.0 Å². The maximum absolute atomic E-state index is 12.3. The predicted molar refractivity (Wildman–Crippen MR) is 99.6 cm³/mol. The van der Waals surface area contributed by atoms with Crippen LogP contribution in [0.5, 0.6) is 0 Å². The van der Waals surface area contributed by atoms with Gasteiger partial charge < -0.3 is 15.1 Å². The monoisotopic (exact) mass is 343 g/mol. The van der Waals surface area contributed by atoms with Crippen molar-refractivity contribution in [3.63, 3.8) is 0 Å². The van der Waals surface area contributed by atoms with Gasteiger partial charge in [-0.3, -0.25) is 9.59 Å². The number of hydrogen-bond acceptors (Lipinski definition) is 3. The minimum atomic E-state index is 0.0614. The van der Waals surface area contributed by atoms with Gasteiger partial charge in [-0.1, -0.05) is 17.7 Å². The van der Waals surface area contributed by atoms with Crippen LogP contribution in [0.3, 0.4) is 0 Å². The molecule has 1 atom stereocenters. The molecule has 2 saturated heterocycles. The highest BCUT2D eigenvalue weighted by Gasteiger charge is 2.31. The van der Waals surface area contributed by atoms with Crippen LogP contribution in [-0.4, -0.2) is 53.8 Å². The topological polar surface area (TPSA) is 52.7 Å². The van der Waals surface area contributed by atoms with Crippen LogP contribution in [0.25, 0.3) is 0 Å². The van der Waals surface area contributed by atoms with Gasteiger partial charge >= 0.3 is 0 Å². The molecule has 25 heavy (non-hydrogen) atoms. The van der Waals surface area contributed by atoms with E-state index in [-0.39, 0.29) is 5.91 Å². The maximum Gasteiger partial charge on any atom is 0.225 e. The zero-order valence-corrected chi connectivity index (χ0v) is 15.4. The molecule has 1 N–H and O–H groups in total. The molecule has 2 amide bonds. The molecule has 2 fully saturated rings. The van der Waals surface area contributed by atoms with E-state index in [9.17, 15) is 9.59 Å². The van der Waals surface area contributed by atoms with Gasteiger partial charge in [0.25, 0.3) is 0 Å². The van der Waals surface area contributed by atoms with Crippen molar-refractivity contribution in [1.82, 2.24) is 9.80 Å². The first-order chi connectivity index (χ1) is 12.0. The van der Waals surface area contributed by atoms with E-state index in [1.54, 1.807) is 0 Å². The zero-order chi connectivity index (χ0) is 17.8. The van der Waals surface area contributed by atoms with Gasteiger partial charge in [0.2, 0.25) is 11.8 Å². The van der Waals surface area contributed by atoms with E-state index in [0.717, 1.165) is 56.7 Å². The number of hydrogen-bond donors (Lipinski definition) is 1. The van der Waals surface area contributed by atoms with Crippen LogP contribution in [0.15, 0.2) is 18.2 Å². The van der Waals surface area contributed by atoms with Crippen molar-refractivity contribution in [2.24, 2.45) is 0 Å². The lowest BCUT2D eigenvalue weighted by molar-refractivity contribution is -0.130. The summed E-state index contributed by atoms with van der Waals surface area (Å²) in [5.41, 5.74) is 3.19. The zero-order valence-electron chi connectivity index (χ0n) is 15.4. The molecule has 1 aromatic carbocycles. The normalized spacial score (nSPS) is 21.6. The molecule has 2 heterocycles. The molecule has 5 heteroatoms. The molecule has 1 unspecified atom stereocenters. The second-order valence-corrected chi connectivity index (χ2v) is 7.40. The summed E-state index contributed by atoms with van der Waals surface area (Å²) in [4.78, 5) is 28.6. The van der Waals surface area contributed by atoms with Crippen molar-refractivity contribution in [2.75, 3.05) is 31.5 Å². The average molecular weight is 343 g/mol. The summed E-state index contributed by atoms with van der Waals surface area (Å²) in [7, 11) is 0. The summed E-state index contributed by atoms with van der Waals surface area (Å²) in [6.45, 7) is 7.67. The summed E-state index contributed by atoms with van der Waals surface area (Å²) in [5, 5.41) is 3.02. The smallest absolute Gasteiger partial charge is 0.225 e. The minimum Gasteiger partial charge on any atom is -0.338 e. The molecule has 5 nitrogen and oxygen atoms in total. The number of likely N-dealkylation sites (tertiary alicyclic amines) is 2. The van der Waals surface area contributed by atoms with Gasteiger partial charge in [-0.2, -0.15) is 0 Å². The Morgan fingerprint density at radius 3 is 2.80 bits per heavy atom. The van der Waals surface area contributed by atoms with Crippen LogP contribution in [0.2, 0.25) is 0 Å². The fraction of sp³-hybridized carbons (Fsp3) is 0.600. The number of anilines is 1. The number of nitrogens with zero attached hydrogens (tertiary/aromatic N) is 2. The van der Waals surface area contributed by atoms with Crippen LogP contribution >= 0.6 is 0 Å². The molecule has 0 spiro atoms. The van der Waals surface area contributed by atoms with Crippen molar-refractivity contribution in [3.8, 4) is 0 Å². The van der Waals surface area contributed by atoms with Crippen molar-refractivity contribution >= 4 is 17.5 Å². The molecule has 0 aliphatic carbocycles. The van der Waals surface area contributed by atoms with E-state index < -0.39 is 0 Å². The van der Waals surface area contributed by atoms with Gasteiger partial charge in [-0.25, -0.2) is 0 Å². The molecule has 1 aromatic rings. The van der Waals surface area contributed by atoms with Crippen molar-refractivity contribution < 1.29 is 9.59 Å². The first kappa shape index (κ1) is 17.9. The SMILES string of the molecule is Cc1ccc(NC(=O)CCN2CCCC(N3CCCC3=O)C2)c(C)c1. The van der Waals surface area contributed by atoms with E-state index in [1.165, 1.54) is 5.56 Å². The third kappa shape index (κ3) is 4.60. The van der Waals surface area contributed by atoms with Gasteiger partial charge in [-0.15, -0.1) is 0 Å². The van der Waals surface area contributed by atoms with Crippen LogP contribution in [0.1, 0.15) is 43.2 Å². The number of amides is 2. The molecular formula is C20H29N3O2. The second-order valence-electron chi connectivity index (χ2n) is 7.40. The van der Waals surface area contributed by atoms with E-state index in [2.05, 4.69) is 28.1 Å². The summed E-state index contributed by atoms with van der Waals surface area (Å²) >= 11 is 0. The molecule has 0 saturated carbocycles. The van der Waals surface area contributed by atoms with Crippen LogP contribution in [-0.2, 0) is 9.59 Å². The number of carbonyl (C=O) groups excluding carboxylic acids is 2. The molecule has 0 aromatic heterocycles. The Labute approximate surface area is 150 Å². The van der Waals surface area contributed by atoms with E-state index in [4.69, 9.17) is 0 Å². The highest BCUT2D eigenvalue weighted by molar-refractivity contribution is 5.91. The van der Waals surface area contributed by atoms with Gasteiger partial charge in [0.05, 0.1) is 0 Å². The van der Waals surface area contributed by atoms with E-state index in [0.29, 0.717) is 24.8 Å². The number of nitrogens with one attached hydrogen (secondary N) is 1. The lowest BCUT2D eigenvalue weighted by Gasteiger charge is -2.37. The number of carbonyl (C=O) groups is 2. The van der Waals surface area contributed by atoms with Crippen molar-refractivity contribution in [1.29, 1.82) is 0 Å². The third-order valence-corrected chi connectivity index (χ3v) is 5.34. The van der Waals surface area contributed by atoms with Gasteiger partial charge in [0, 0.05) is 44.2 Å². The van der Waals surface area contributed by atoms with Gasteiger partial charge in [0.1, 0.15) is 0 Å². The Kier molecular flexibility index (Phi) is 5.74. The summed E-state index contributed by atoms with van der Waals surface area (Å²) in [5.74, 6) is 0.366. The average Bonchev–Trinajstić information content (AvgIpc) is 3.02. The molecule has 3 rings (SSSR count). The van der Waals surface area contributed by atoms with E-state index >= 15 is 0 Å². The first-order valence-corrected chi connectivity index (χ1v) is 9.42. The fourth-order valence-electron chi connectivity index (χ4n) is 3.97. The lowest BCUT2D eigenvalue weighted by atomic mass is 10.0. The fourth-order valence-corrected chi connectivity index (χ4v) is 3.97. The first-order valence-electron chi connectivity index (χ1n) is 9.42. The van der Waals surface area contributed by atoms with Crippen LogP contribution in [0.4, 0.5) is 5.69 Å². The molecule has 2 aliphatic heterocycles. The van der Waals surface area contributed by atoms with Crippen molar-refractivity contribution in [3.05, 3.63) is 29.3 Å². The molecular weight excluding hydrogens is 314 g/mol. The molecule has 0 radical (unpaired) electrons. The molecule has 0 bridgehead atoms. The predicted octanol–water partition coefficient (Wildman–Crippen LogP) is 2.72. The number of aryl methyl sites for hydroxylation is 2. The number of rotatable bonds is 5. The Bertz CT molecular complexity index is 644. The number of piperidine rings is 1. The van der Waals surface area contributed by atoms with Crippen LogP contribution < -0.4 is 5.32 Å². The van der Waals surface area contributed by atoms with Crippen LogP contribution in [0, 0.1) is 13.8 Å². The standard InChI is InChI=1S/C20H29N3O2/c1-15-7-8-18(16(2)13-15)21-19(24)9-12-22-10-3-5-17(14-22)23-11-4-6-20(23)25/h7-8,13,17H,3-6,9-12,14H2,1-2H3,(H,21,24). The highest BCUT2D eigenvalue weighted by Crippen LogP contribution is 2.22. The quantitative estimate of drug-likeness (QED) is 0.894. The largest absolute Gasteiger partial charge is 0.338 e.